The van der Waals surface area contributed by atoms with Gasteiger partial charge in [0, 0.05) is 12.8 Å². The minimum atomic E-state index is -1.76. The molecule has 0 aromatic heterocycles. The van der Waals surface area contributed by atoms with Gasteiger partial charge in [0.25, 0.3) is 0 Å². The number of hydrogen-bond donors (Lipinski definition) is 1. The summed E-state index contributed by atoms with van der Waals surface area (Å²) in [5, 5.41) is 11.0. The molecule has 0 heterocycles. The van der Waals surface area contributed by atoms with Crippen molar-refractivity contribution in [2.45, 2.75) is 264 Å². The predicted octanol–water partition coefficient (Wildman–Crippen LogP) is 15.5. The van der Waals surface area contributed by atoms with Crippen LogP contribution in [-0.2, 0) is 9.59 Å². The van der Waals surface area contributed by atoms with Crippen LogP contribution in [0.2, 0.25) is 0 Å². The Morgan fingerprint density at radius 2 is 0.580 bits per heavy atom. The smallest absolute Gasteiger partial charge is 0.180 e. The molecule has 0 bridgehead atoms. The maximum absolute atomic E-state index is 12.8. The van der Waals surface area contributed by atoms with Crippen molar-refractivity contribution in [1.29, 1.82) is 0 Å². The molecule has 0 aliphatic carbocycles. The molecule has 0 atom stereocenters. The van der Waals surface area contributed by atoms with E-state index >= 15 is 0 Å². The third-order valence-electron chi connectivity index (χ3n) is 10.8. The summed E-state index contributed by atoms with van der Waals surface area (Å²) in [6.07, 6.45) is 53.4. The predicted molar refractivity (Wildman–Crippen MR) is 221 cm³/mol. The van der Waals surface area contributed by atoms with Crippen LogP contribution in [0.1, 0.15) is 258 Å². The van der Waals surface area contributed by atoms with E-state index in [0.29, 0.717) is 12.8 Å². The number of rotatable bonds is 41. The van der Waals surface area contributed by atoms with Crippen molar-refractivity contribution >= 4 is 11.6 Å². The third-order valence-corrected chi connectivity index (χ3v) is 10.8. The van der Waals surface area contributed by atoms with Gasteiger partial charge in [0.1, 0.15) is 0 Å². The summed E-state index contributed by atoms with van der Waals surface area (Å²) in [5.74, 6) is -0.501. The van der Waals surface area contributed by atoms with E-state index in [1.807, 2.05) is 0 Å². The average molecular weight is 701 g/mol. The molecule has 0 saturated carbocycles. The first-order valence-electron chi connectivity index (χ1n) is 22.6. The zero-order valence-electron chi connectivity index (χ0n) is 34.2. The third kappa shape index (κ3) is 31.5. The molecule has 1 N–H and O–H groups in total. The van der Waals surface area contributed by atoms with E-state index in [2.05, 4.69) is 38.2 Å². The first-order chi connectivity index (χ1) is 24.5. The normalized spacial score (nSPS) is 13.1. The van der Waals surface area contributed by atoms with E-state index in [-0.39, 0.29) is 18.0 Å². The number of carbonyl (C=O) groups excluding carboxylic acids is 2. The molecule has 0 aliphatic heterocycles. The van der Waals surface area contributed by atoms with Crippen LogP contribution in [0.5, 0.6) is 0 Å². The van der Waals surface area contributed by atoms with Gasteiger partial charge in [0.2, 0.25) is 0 Å². The van der Waals surface area contributed by atoms with Crippen molar-refractivity contribution < 1.29 is 14.7 Å². The zero-order valence-corrected chi connectivity index (χ0v) is 34.2. The van der Waals surface area contributed by atoms with E-state index in [4.69, 9.17) is 0 Å². The molecule has 0 aliphatic rings. The second kappa shape index (κ2) is 39.0. The minimum absolute atomic E-state index is 0.203. The second-order valence-electron chi connectivity index (χ2n) is 15.6. The van der Waals surface area contributed by atoms with E-state index in [9.17, 15) is 14.7 Å². The molecule has 0 saturated heterocycles. The Kier molecular flexibility index (Phi) is 38.0. The fraction of sp³-hybridized carbons (Fsp3) is 0.872. The van der Waals surface area contributed by atoms with Gasteiger partial charge in [-0.1, -0.05) is 199 Å². The molecule has 0 unspecified atom stereocenters. The Labute approximate surface area is 313 Å². The average Bonchev–Trinajstić information content (AvgIpc) is 3.12. The molecule has 0 amide bonds. The van der Waals surface area contributed by atoms with Gasteiger partial charge in [-0.25, -0.2) is 0 Å². The summed E-state index contributed by atoms with van der Waals surface area (Å²) < 4.78 is 0. The molecule has 294 valence electrons. The van der Waals surface area contributed by atoms with Gasteiger partial charge in [-0.3, -0.25) is 9.59 Å². The molecule has 0 spiro atoms. The lowest BCUT2D eigenvalue weighted by molar-refractivity contribution is -0.151. The molecule has 3 nitrogen and oxygen atoms in total. The fourth-order valence-corrected chi connectivity index (χ4v) is 7.09. The van der Waals surface area contributed by atoms with Gasteiger partial charge < -0.3 is 5.11 Å². The first kappa shape index (κ1) is 48.8. The minimum Gasteiger partial charge on any atom is -0.375 e. The molecule has 0 fully saturated rings. The Balaban J connectivity index is 3.65. The SMILES string of the molecule is CCCCCCCCC=CCCCCCCCCCCCC(=O)C(O)(CC)C(=O)CCCCCCCCCCCC=CCCCCCCCC. The summed E-state index contributed by atoms with van der Waals surface area (Å²) in [6.45, 7) is 6.32. The topological polar surface area (TPSA) is 54.4 Å². The second-order valence-corrected chi connectivity index (χ2v) is 15.6. The number of unbranched alkanes of at least 4 members (excludes halogenated alkanes) is 30. The van der Waals surface area contributed by atoms with Crippen LogP contribution in [0.15, 0.2) is 24.3 Å². The highest BCUT2D eigenvalue weighted by Crippen LogP contribution is 2.22. The molecule has 50 heavy (non-hydrogen) atoms. The maximum Gasteiger partial charge on any atom is 0.180 e. The van der Waals surface area contributed by atoms with Crippen LogP contribution in [0.3, 0.4) is 0 Å². The van der Waals surface area contributed by atoms with Crippen molar-refractivity contribution in [2.75, 3.05) is 0 Å². The van der Waals surface area contributed by atoms with Crippen LogP contribution in [-0.4, -0.2) is 22.3 Å². The van der Waals surface area contributed by atoms with Crippen molar-refractivity contribution in [3.8, 4) is 0 Å². The molecule has 0 aromatic carbocycles. The largest absolute Gasteiger partial charge is 0.375 e. The van der Waals surface area contributed by atoms with Gasteiger partial charge in [0.05, 0.1) is 0 Å². The van der Waals surface area contributed by atoms with Gasteiger partial charge in [-0.15, -0.1) is 0 Å². The number of hydrogen-bond acceptors (Lipinski definition) is 3. The Morgan fingerprint density at radius 3 is 0.820 bits per heavy atom. The van der Waals surface area contributed by atoms with Crippen molar-refractivity contribution in [1.82, 2.24) is 0 Å². The number of aliphatic hydroxyl groups is 1. The highest BCUT2D eigenvalue weighted by atomic mass is 16.3. The standard InChI is InChI=1S/C47H88O3/c1-4-7-9-11-13-15-17-19-21-23-25-27-29-31-33-35-37-39-41-43-45(48)47(50,6-3)46(49)44-42-40-38-36-34-32-30-28-26-24-22-20-18-16-14-12-10-8-5-2/h19-22,50H,4-18,23-44H2,1-3H3. The zero-order chi connectivity index (χ0) is 36.6. The molecular weight excluding hydrogens is 613 g/mol. The quantitative estimate of drug-likeness (QED) is 0.0392. The Bertz CT molecular complexity index is 721. The van der Waals surface area contributed by atoms with Crippen LogP contribution >= 0.6 is 0 Å². The van der Waals surface area contributed by atoms with Crippen LogP contribution < -0.4 is 0 Å². The van der Waals surface area contributed by atoms with Crippen molar-refractivity contribution in [3.63, 3.8) is 0 Å². The molecule has 0 radical (unpaired) electrons. The van der Waals surface area contributed by atoms with Gasteiger partial charge in [-0.2, -0.15) is 0 Å². The lowest BCUT2D eigenvalue weighted by Crippen LogP contribution is -2.46. The van der Waals surface area contributed by atoms with E-state index in [1.165, 1.54) is 180 Å². The summed E-state index contributed by atoms with van der Waals surface area (Å²) in [7, 11) is 0. The van der Waals surface area contributed by atoms with Crippen LogP contribution in [0, 0.1) is 0 Å². The summed E-state index contributed by atoms with van der Waals surface area (Å²) >= 11 is 0. The number of carbonyl (C=O) groups is 2. The fourth-order valence-electron chi connectivity index (χ4n) is 7.09. The highest BCUT2D eigenvalue weighted by Gasteiger charge is 2.39. The highest BCUT2D eigenvalue weighted by molar-refractivity contribution is 6.09. The maximum atomic E-state index is 12.8. The molecule has 0 rings (SSSR count). The van der Waals surface area contributed by atoms with E-state index < -0.39 is 5.60 Å². The van der Waals surface area contributed by atoms with Crippen LogP contribution in [0.25, 0.3) is 0 Å². The molecular formula is C47H88O3. The lowest BCUT2D eigenvalue weighted by Gasteiger charge is -2.24. The summed E-state index contributed by atoms with van der Waals surface area (Å²) in [5.41, 5.74) is -1.76. The van der Waals surface area contributed by atoms with E-state index in [0.717, 1.165) is 38.5 Å². The van der Waals surface area contributed by atoms with Gasteiger partial charge in [-0.05, 0) is 70.6 Å². The van der Waals surface area contributed by atoms with Gasteiger partial charge >= 0.3 is 0 Å². The lowest BCUT2D eigenvalue weighted by atomic mass is 9.85. The number of allylic oxidation sites excluding steroid dienone is 4. The van der Waals surface area contributed by atoms with Crippen LogP contribution in [0.4, 0.5) is 0 Å². The van der Waals surface area contributed by atoms with Crippen molar-refractivity contribution in [2.24, 2.45) is 0 Å². The number of ketones is 2. The Hall–Kier alpha value is -1.22. The monoisotopic (exact) mass is 701 g/mol. The van der Waals surface area contributed by atoms with E-state index in [1.54, 1.807) is 6.92 Å². The Morgan fingerprint density at radius 1 is 0.360 bits per heavy atom. The first-order valence-corrected chi connectivity index (χ1v) is 22.6. The summed E-state index contributed by atoms with van der Waals surface area (Å²) in [6, 6.07) is 0. The molecule has 0 aromatic rings. The van der Waals surface area contributed by atoms with Gasteiger partial charge in [0.15, 0.2) is 17.2 Å². The summed E-state index contributed by atoms with van der Waals surface area (Å²) in [4.78, 5) is 25.7. The molecule has 3 heteroatoms. The number of Topliss-reactive ketones (excluding diaryl/α,β-unsaturated/α-hetero) is 2. The van der Waals surface area contributed by atoms with Crippen molar-refractivity contribution in [3.05, 3.63) is 24.3 Å².